The highest BCUT2D eigenvalue weighted by atomic mass is 32.1. The first-order valence-electron chi connectivity index (χ1n) is 5.54. The van der Waals surface area contributed by atoms with E-state index in [9.17, 15) is 9.90 Å². The Labute approximate surface area is 112 Å². The molecule has 0 atom stereocenters. The van der Waals surface area contributed by atoms with Crippen LogP contribution in [-0.4, -0.2) is 27.6 Å². The second kappa shape index (κ2) is 4.40. The van der Waals surface area contributed by atoms with Crippen LogP contribution in [0.25, 0.3) is 16.2 Å². The quantitative estimate of drug-likeness (QED) is 0.797. The van der Waals surface area contributed by atoms with Gasteiger partial charge in [-0.2, -0.15) is 0 Å². The Morgan fingerprint density at radius 2 is 2.21 bits per heavy atom. The topological polar surface area (TPSA) is 63.8 Å². The van der Waals surface area contributed by atoms with E-state index in [-0.39, 0.29) is 5.69 Å². The van der Waals surface area contributed by atoms with Gasteiger partial charge in [0.25, 0.3) is 0 Å². The zero-order valence-corrected chi connectivity index (χ0v) is 10.8. The van der Waals surface area contributed by atoms with Crippen molar-refractivity contribution in [3.8, 4) is 17.0 Å². The minimum absolute atomic E-state index is 0.150. The average Bonchev–Trinajstić information content (AvgIpc) is 2.99. The molecule has 5 nitrogen and oxygen atoms in total. The summed E-state index contributed by atoms with van der Waals surface area (Å²) in [7, 11) is 1.59. The highest BCUT2D eigenvalue weighted by Crippen LogP contribution is 2.33. The van der Waals surface area contributed by atoms with E-state index in [4.69, 9.17) is 4.74 Å². The largest absolute Gasteiger partial charge is 0.496 e. The van der Waals surface area contributed by atoms with Crippen LogP contribution in [0.15, 0.2) is 35.8 Å². The van der Waals surface area contributed by atoms with Crippen LogP contribution in [0.4, 0.5) is 0 Å². The first kappa shape index (κ1) is 11.7. The van der Waals surface area contributed by atoms with Crippen molar-refractivity contribution in [2.24, 2.45) is 0 Å². The Morgan fingerprint density at radius 1 is 1.42 bits per heavy atom. The second-order valence-corrected chi connectivity index (χ2v) is 4.72. The molecule has 3 aromatic rings. The fourth-order valence-electron chi connectivity index (χ4n) is 2.00. The van der Waals surface area contributed by atoms with Crippen molar-refractivity contribution in [3.05, 3.63) is 41.5 Å². The summed E-state index contributed by atoms with van der Waals surface area (Å²) in [5.41, 5.74) is 1.77. The molecule has 0 saturated heterocycles. The number of imidazole rings is 1. The third-order valence-electron chi connectivity index (χ3n) is 2.85. The Hall–Kier alpha value is -2.34. The van der Waals surface area contributed by atoms with E-state index in [1.165, 1.54) is 17.5 Å². The molecule has 2 aromatic heterocycles. The van der Waals surface area contributed by atoms with Gasteiger partial charge in [-0.25, -0.2) is 9.78 Å². The van der Waals surface area contributed by atoms with Gasteiger partial charge in [-0.1, -0.05) is 12.1 Å². The van der Waals surface area contributed by atoms with Crippen molar-refractivity contribution in [1.29, 1.82) is 0 Å². The van der Waals surface area contributed by atoms with E-state index in [0.717, 1.165) is 11.3 Å². The molecule has 0 spiro atoms. The molecule has 2 heterocycles. The number of nitrogens with zero attached hydrogens (tertiary/aromatic N) is 2. The van der Waals surface area contributed by atoms with E-state index >= 15 is 0 Å². The number of methoxy groups -OCH3 is 1. The molecule has 0 aliphatic rings. The number of thiazole rings is 1. The molecule has 1 N–H and O–H groups in total. The summed E-state index contributed by atoms with van der Waals surface area (Å²) in [6.45, 7) is 0. The summed E-state index contributed by atoms with van der Waals surface area (Å²) in [5, 5.41) is 11.1. The molecule has 0 radical (unpaired) electrons. The van der Waals surface area contributed by atoms with Gasteiger partial charge in [0.1, 0.15) is 5.75 Å². The molecular weight excluding hydrogens is 264 g/mol. The number of hydrogen-bond acceptors (Lipinski definition) is 4. The van der Waals surface area contributed by atoms with Crippen LogP contribution in [0.5, 0.6) is 5.75 Å². The molecule has 0 aliphatic heterocycles. The number of carboxylic acid groups (broad SMARTS) is 1. The zero-order chi connectivity index (χ0) is 13.4. The highest BCUT2D eigenvalue weighted by Gasteiger charge is 2.18. The van der Waals surface area contributed by atoms with Gasteiger partial charge in [0, 0.05) is 10.9 Å². The zero-order valence-electron chi connectivity index (χ0n) is 10.0. The van der Waals surface area contributed by atoms with Crippen LogP contribution in [0, 0.1) is 0 Å². The first-order chi connectivity index (χ1) is 9.22. The molecule has 0 saturated carbocycles. The standard InChI is InChI=1S/C13H10N2O3S/c1-18-11-5-3-2-4-8(11)10-7-19-13-14-6-9(12(16)17)15(10)13/h2-7H,1H3,(H,16,17). The molecule has 6 heteroatoms. The number of rotatable bonds is 3. The van der Waals surface area contributed by atoms with Gasteiger partial charge in [0.2, 0.25) is 0 Å². The fraction of sp³-hybridized carbons (Fsp3) is 0.0769. The monoisotopic (exact) mass is 274 g/mol. The molecule has 1 aromatic carbocycles. The maximum atomic E-state index is 11.2. The summed E-state index contributed by atoms with van der Waals surface area (Å²) in [6.07, 6.45) is 1.37. The summed E-state index contributed by atoms with van der Waals surface area (Å²) in [5.74, 6) is -0.297. The van der Waals surface area contributed by atoms with Crippen molar-refractivity contribution < 1.29 is 14.6 Å². The number of carboxylic acids is 1. The van der Waals surface area contributed by atoms with E-state index in [0.29, 0.717) is 10.7 Å². The Kier molecular flexibility index (Phi) is 2.72. The van der Waals surface area contributed by atoms with E-state index in [1.807, 2.05) is 29.6 Å². The van der Waals surface area contributed by atoms with E-state index < -0.39 is 5.97 Å². The van der Waals surface area contributed by atoms with Crippen LogP contribution in [0.1, 0.15) is 10.5 Å². The molecule has 3 rings (SSSR count). The average molecular weight is 274 g/mol. The van der Waals surface area contributed by atoms with Crippen LogP contribution in [-0.2, 0) is 0 Å². The minimum atomic E-state index is -0.998. The predicted octanol–water partition coefficient (Wildman–Crippen LogP) is 2.77. The lowest BCUT2D eigenvalue weighted by atomic mass is 10.1. The lowest BCUT2D eigenvalue weighted by Crippen LogP contribution is -2.02. The van der Waals surface area contributed by atoms with Gasteiger partial charge in [0.15, 0.2) is 10.7 Å². The smallest absolute Gasteiger partial charge is 0.354 e. The summed E-state index contributed by atoms with van der Waals surface area (Å²) in [6, 6.07) is 7.50. The molecule has 19 heavy (non-hydrogen) atoms. The van der Waals surface area contributed by atoms with Crippen molar-refractivity contribution in [3.63, 3.8) is 0 Å². The molecule has 0 bridgehead atoms. The molecule has 0 amide bonds. The number of para-hydroxylation sites is 1. The van der Waals surface area contributed by atoms with E-state index in [2.05, 4.69) is 4.98 Å². The van der Waals surface area contributed by atoms with Gasteiger partial charge in [-0.15, -0.1) is 11.3 Å². The van der Waals surface area contributed by atoms with Crippen molar-refractivity contribution >= 4 is 22.3 Å². The molecule has 0 unspecified atom stereocenters. The van der Waals surface area contributed by atoms with Gasteiger partial charge in [-0.3, -0.25) is 4.40 Å². The minimum Gasteiger partial charge on any atom is -0.496 e. The first-order valence-corrected chi connectivity index (χ1v) is 6.42. The molecule has 96 valence electrons. The van der Waals surface area contributed by atoms with Crippen molar-refractivity contribution in [2.75, 3.05) is 7.11 Å². The van der Waals surface area contributed by atoms with Crippen LogP contribution in [0.3, 0.4) is 0 Å². The van der Waals surface area contributed by atoms with Crippen molar-refractivity contribution in [1.82, 2.24) is 9.38 Å². The molecular formula is C13H10N2O3S. The third kappa shape index (κ3) is 1.77. The molecule has 0 fully saturated rings. The Morgan fingerprint density at radius 3 is 2.95 bits per heavy atom. The Balaban J connectivity index is 2.30. The number of ether oxygens (including phenoxy) is 1. The number of aromatic carboxylic acids is 1. The van der Waals surface area contributed by atoms with Gasteiger partial charge < -0.3 is 9.84 Å². The second-order valence-electron chi connectivity index (χ2n) is 3.89. The van der Waals surface area contributed by atoms with Crippen LogP contribution >= 0.6 is 11.3 Å². The number of hydrogen-bond donors (Lipinski definition) is 1. The van der Waals surface area contributed by atoms with Crippen LogP contribution in [0.2, 0.25) is 0 Å². The SMILES string of the molecule is COc1ccccc1-c1csc2ncc(C(=O)O)n12. The summed E-state index contributed by atoms with van der Waals surface area (Å²) >= 11 is 1.40. The normalized spacial score (nSPS) is 10.8. The lowest BCUT2D eigenvalue weighted by molar-refractivity contribution is 0.0689. The summed E-state index contributed by atoms with van der Waals surface area (Å²) < 4.78 is 6.95. The van der Waals surface area contributed by atoms with Gasteiger partial charge >= 0.3 is 5.97 Å². The number of fused-ring (bicyclic) bond motifs is 1. The number of aromatic nitrogens is 2. The molecule has 0 aliphatic carbocycles. The van der Waals surface area contributed by atoms with E-state index in [1.54, 1.807) is 11.5 Å². The number of benzene rings is 1. The maximum absolute atomic E-state index is 11.2. The fourth-order valence-corrected chi connectivity index (χ4v) is 2.87. The Bertz CT molecular complexity index is 760. The maximum Gasteiger partial charge on any atom is 0.354 e. The highest BCUT2D eigenvalue weighted by molar-refractivity contribution is 7.15. The van der Waals surface area contributed by atoms with Gasteiger partial charge in [0.05, 0.1) is 19.0 Å². The number of carbonyl (C=O) groups is 1. The summed E-state index contributed by atoms with van der Waals surface area (Å²) in [4.78, 5) is 16.0. The van der Waals surface area contributed by atoms with Crippen LogP contribution < -0.4 is 4.74 Å². The predicted molar refractivity (Wildman–Crippen MR) is 72.0 cm³/mol. The van der Waals surface area contributed by atoms with Crippen molar-refractivity contribution in [2.45, 2.75) is 0 Å². The lowest BCUT2D eigenvalue weighted by Gasteiger charge is -2.07. The van der Waals surface area contributed by atoms with Gasteiger partial charge in [-0.05, 0) is 12.1 Å². The third-order valence-corrected chi connectivity index (χ3v) is 3.69.